The summed E-state index contributed by atoms with van der Waals surface area (Å²) in [5.41, 5.74) is 2.17. The van der Waals surface area contributed by atoms with Gasteiger partial charge in [0.2, 0.25) is 5.28 Å². The van der Waals surface area contributed by atoms with E-state index >= 15 is 4.39 Å². The van der Waals surface area contributed by atoms with Crippen LogP contribution in [0.2, 0.25) is 10.3 Å². The molecule has 62 heavy (non-hydrogen) atoms. The lowest BCUT2D eigenvalue weighted by molar-refractivity contribution is 0.0635. The molecule has 0 saturated heterocycles. The highest BCUT2D eigenvalue weighted by Gasteiger charge is 2.34. The van der Waals surface area contributed by atoms with E-state index in [-0.39, 0.29) is 45.7 Å². The van der Waals surface area contributed by atoms with Gasteiger partial charge in [0.1, 0.15) is 46.7 Å². The maximum atomic E-state index is 17.7. The number of hydrogen-bond donors (Lipinski definition) is 1. The molecule has 0 bridgehead atoms. The lowest BCUT2D eigenvalue weighted by Gasteiger charge is -2.30. The summed E-state index contributed by atoms with van der Waals surface area (Å²) in [5.74, 6) is 2.12. The Kier molecular flexibility index (Phi) is 11.9. The highest BCUT2D eigenvalue weighted by molar-refractivity contribution is 6.37. The van der Waals surface area contributed by atoms with Crippen LogP contribution in [0.1, 0.15) is 50.4 Å². The quantitative estimate of drug-likeness (QED) is 0.125. The number of fused-ring (bicyclic) bond motifs is 1. The van der Waals surface area contributed by atoms with Gasteiger partial charge in [-0.1, -0.05) is 66.2 Å². The van der Waals surface area contributed by atoms with Gasteiger partial charge >= 0.3 is 6.09 Å². The van der Waals surface area contributed by atoms with E-state index in [1.165, 1.54) is 0 Å². The Hall–Kier alpha value is -6.44. The molecule has 1 aliphatic heterocycles. The molecule has 0 radical (unpaired) electrons. The molecule has 0 saturated carbocycles. The van der Waals surface area contributed by atoms with Gasteiger partial charge in [-0.3, -0.25) is 5.32 Å². The van der Waals surface area contributed by atoms with Gasteiger partial charge in [0, 0.05) is 30.2 Å². The van der Waals surface area contributed by atoms with Gasteiger partial charge in [0.15, 0.2) is 11.6 Å². The van der Waals surface area contributed by atoms with Gasteiger partial charge in [-0.25, -0.2) is 24.1 Å². The van der Waals surface area contributed by atoms with E-state index in [1.54, 1.807) is 47.3 Å². The molecule has 7 aromatic rings. The summed E-state index contributed by atoms with van der Waals surface area (Å²) in [6.45, 7) is 8.61. The van der Waals surface area contributed by atoms with E-state index in [0.717, 1.165) is 28.0 Å². The molecule has 8 rings (SSSR count). The van der Waals surface area contributed by atoms with Gasteiger partial charge in [0.05, 0.1) is 48.5 Å². The molecule has 1 aliphatic rings. The van der Waals surface area contributed by atoms with Crippen LogP contribution in [0, 0.1) is 5.82 Å². The number of nitrogens with zero attached hydrogens (tertiary/aromatic N) is 6. The number of anilines is 3. The maximum absolute atomic E-state index is 17.7. The van der Waals surface area contributed by atoms with Crippen molar-refractivity contribution in [1.29, 1.82) is 0 Å². The Morgan fingerprint density at radius 3 is 2.23 bits per heavy atom. The molecule has 318 valence electrons. The first-order valence-corrected chi connectivity index (χ1v) is 20.7. The molecule has 1 atom stereocenters. The predicted octanol–water partition coefficient (Wildman–Crippen LogP) is 11.2. The maximum Gasteiger partial charge on any atom is 0.413 e. The van der Waals surface area contributed by atoms with Crippen molar-refractivity contribution in [2.75, 3.05) is 42.5 Å². The zero-order valence-corrected chi connectivity index (χ0v) is 36.5. The predicted molar refractivity (Wildman–Crippen MR) is 241 cm³/mol. The lowest BCUT2D eigenvalue weighted by atomic mass is 10.00. The fourth-order valence-corrected chi connectivity index (χ4v) is 8.08. The summed E-state index contributed by atoms with van der Waals surface area (Å²) in [5, 5.41) is 4.34. The number of carbonyl (C=O) groups is 1. The second-order valence-electron chi connectivity index (χ2n) is 15.8. The number of benzene rings is 4. The van der Waals surface area contributed by atoms with Crippen LogP contribution in [0.25, 0.3) is 32.9 Å². The second-order valence-corrected chi connectivity index (χ2v) is 16.5. The normalized spacial score (nSPS) is 13.0. The number of rotatable bonds is 11. The molecule has 0 aliphatic carbocycles. The minimum absolute atomic E-state index is 0.0111. The summed E-state index contributed by atoms with van der Waals surface area (Å²) >= 11 is 14.0. The smallest absolute Gasteiger partial charge is 0.413 e. The van der Waals surface area contributed by atoms with Crippen LogP contribution in [0.4, 0.5) is 26.6 Å². The molecule has 12 nitrogen and oxygen atoms in total. The molecular formula is C47H44Cl2FN7O5. The van der Waals surface area contributed by atoms with Crippen molar-refractivity contribution in [2.45, 2.75) is 52.4 Å². The molecule has 1 N–H and O–H groups in total. The number of carbonyl (C=O) groups excluding carboxylic acids is 1. The van der Waals surface area contributed by atoms with Crippen molar-refractivity contribution >= 4 is 68.4 Å². The van der Waals surface area contributed by atoms with E-state index in [0.29, 0.717) is 47.2 Å². The first kappa shape index (κ1) is 42.3. The third-order valence-corrected chi connectivity index (χ3v) is 11.0. The van der Waals surface area contributed by atoms with Gasteiger partial charge < -0.3 is 28.7 Å². The number of amides is 1. The van der Waals surface area contributed by atoms with Crippen molar-refractivity contribution in [2.24, 2.45) is 0 Å². The number of halogens is 3. The molecule has 4 aromatic carbocycles. The molecule has 15 heteroatoms. The van der Waals surface area contributed by atoms with Crippen LogP contribution < -0.4 is 29.3 Å². The Bertz CT molecular complexity index is 2740. The fourth-order valence-electron chi connectivity index (χ4n) is 7.59. The topological polar surface area (TPSA) is 124 Å². The number of ether oxygens (including phenoxy) is 4. The molecule has 0 fully saturated rings. The minimum Gasteiger partial charge on any atom is -0.497 e. The van der Waals surface area contributed by atoms with Gasteiger partial charge in [0.25, 0.3) is 0 Å². The summed E-state index contributed by atoms with van der Waals surface area (Å²) in [6, 6.07) is 28.4. The lowest BCUT2D eigenvalue weighted by Crippen LogP contribution is -2.32. The molecule has 0 spiro atoms. The summed E-state index contributed by atoms with van der Waals surface area (Å²) in [6.07, 6.45) is 0.919. The van der Waals surface area contributed by atoms with Crippen LogP contribution in [-0.4, -0.2) is 59.0 Å². The third-order valence-electron chi connectivity index (χ3n) is 10.5. The minimum atomic E-state index is -0.738. The van der Waals surface area contributed by atoms with Crippen LogP contribution in [0.15, 0.2) is 97.2 Å². The van der Waals surface area contributed by atoms with E-state index in [2.05, 4.69) is 25.2 Å². The third kappa shape index (κ3) is 8.68. The highest BCUT2D eigenvalue weighted by atomic mass is 35.5. The number of pyridine rings is 2. The fraction of sp³-hybridized carbons (Fsp3) is 0.255. The molecular weight excluding hydrogens is 832 g/mol. The first-order valence-electron chi connectivity index (χ1n) is 20.0. The monoisotopic (exact) mass is 875 g/mol. The van der Waals surface area contributed by atoms with Crippen molar-refractivity contribution in [3.63, 3.8) is 0 Å². The Labute approximate surface area is 368 Å². The zero-order valence-electron chi connectivity index (χ0n) is 35.0. The van der Waals surface area contributed by atoms with Gasteiger partial charge in [-0.2, -0.15) is 4.98 Å². The van der Waals surface area contributed by atoms with E-state index in [4.69, 9.17) is 47.1 Å². The van der Waals surface area contributed by atoms with Crippen LogP contribution in [0.5, 0.6) is 17.2 Å². The Morgan fingerprint density at radius 1 is 0.919 bits per heavy atom. The SMILES string of the molecule is COc1ccc(CN(Cc2ccc(OC)cc2)c2cc3ccccc3c(-c3c(Cl)c4c5c(nc(Cl)nc5c3F)N(C(C)c3cccnc3NC(=O)OC(C)(C)C)CCO4)n2)cc1. The summed E-state index contributed by atoms with van der Waals surface area (Å²) < 4.78 is 40.5. The van der Waals surface area contributed by atoms with Crippen molar-refractivity contribution < 1.29 is 28.1 Å². The van der Waals surface area contributed by atoms with Crippen LogP contribution in [0.3, 0.4) is 0 Å². The van der Waals surface area contributed by atoms with Crippen molar-refractivity contribution in [1.82, 2.24) is 19.9 Å². The first-order chi connectivity index (χ1) is 29.8. The zero-order chi connectivity index (χ0) is 43.7. The standard InChI is InChI=1S/C47H44Cl2FN7O5/c1-27(33-12-9-21-51-43(33)54-46(58)62-47(2,3)4)57-22-23-61-42-37-41(53-45(49)55-44(37)57)39(50)36(38(42)48)40-34-11-8-7-10-30(34)24-35(52-40)56(25-28-13-17-31(59-5)18-14-28)26-29-15-19-32(60-6)20-16-29/h7-21,24,27H,22-23,25-26H2,1-6H3,(H,51,54,58). The number of methoxy groups -OCH3 is 2. The van der Waals surface area contributed by atoms with Crippen LogP contribution >= 0.6 is 23.2 Å². The summed E-state index contributed by atoms with van der Waals surface area (Å²) in [7, 11) is 3.26. The molecule has 3 aromatic heterocycles. The van der Waals surface area contributed by atoms with Crippen molar-refractivity contribution in [3.05, 3.63) is 130 Å². The average Bonchev–Trinajstić information content (AvgIpc) is 3.45. The van der Waals surface area contributed by atoms with Crippen molar-refractivity contribution in [3.8, 4) is 28.5 Å². The average molecular weight is 877 g/mol. The second kappa shape index (κ2) is 17.5. The molecule has 1 unspecified atom stereocenters. The van der Waals surface area contributed by atoms with E-state index in [1.807, 2.05) is 96.8 Å². The van der Waals surface area contributed by atoms with E-state index < -0.39 is 23.6 Å². The number of nitrogens with one attached hydrogen (secondary N) is 1. The van der Waals surface area contributed by atoms with Gasteiger partial charge in [-0.15, -0.1) is 0 Å². The highest BCUT2D eigenvalue weighted by Crippen LogP contribution is 2.49. The van der Waals surface area contributed by atoms with Gasteiger partial charge in [-0.05, 0) is 92.2 Å². The van der Waals surface area contributed by atoms with Crippen LogP contribution in [-0.2, 0) is 17.8 Å². The largest absolute Gasteiger partial charge is 0.497 e. The Balaban J connectivity index is 1.26. The molecule has 1 amide bonds. The molecule has 4 heterocycles. The summed E-state index contributed by atoms with van der Waals surface area (Å²) in [4.78, 5) is 35.6. The number of aromatic nitrogens is 4. The number of hydrogen-bond acceptors (Lipinski definition) is 11. The van der Waals surface area contributed by atoms with E-state index in [9.17, 15) is 4.79 Å². The Morgan fingerprint density at radius 2 is 1.58 bits per heavy atom.